The van der Waals surface area contributed by atoms with Crippen molar-refractivity contribution >= 4 is 17.8 Å². The van der Waals surface area contributed by atoms with Crippen LogP contribution in [0.1, 0.15) is 43.7 Å². The van der Waals surface area contributed by atoms with E-state index in [0.29, 0.717) is 26.1 Å². The molecule has 2 atom stereocenters. The van der Waals surface area contributed by atoms with Crippen LogP contribution < -0.4 is 10.1 Å². The van der Waals surface area contributed by atoms with Crippen LogP contribution in [-0.2, 0) is 22.6 Å². The first-order valence-corrected chi connectivity index (χ1v) is 13.5. The molecule has 2 aromatic rings. The largest absolute Gasteiger partial charge is 0.497 e. The molecule has 1 unspecified atom stereocenters. The molecule has 0 bridgehead atoms. The number of hydrogen-bond donors (Lipinski definition) is 1. The summed E-state index contributed by atoms with van der Waals surface area (Å²) < 4.78 is 5.21. The van der Waals surface area contributed by atoms with E-state index >= 15 is 0 Å². The van der Waals surface area contributed by atoms with Gasteiger partial charge >= 0.3 is 6.03 Å². The number of nitrogens with one attached hydrogen (secondary N) is 1. The number of carbonyl (C=O) groups excluding carboxylic acids is 3. The van der Waals surface area contributed by atoms with Crippen LogP contribution in [-0.4, -0.2) is 83.7 Å². The topological polar surface area (TPSA) is 85.4 Å². The number of carbonyl (C=O) groups is 3. The van der Waals surface area contributed by atoms with E-state index in [-0.39, 0.29) is 24.4 Å². The average Bonchev–Trinajstić information content (AvgIpc) is 2.92. The van der Waals surface area contributed by atoms with Gasteiger partial charge in [0.25, 0.3) is 0 Å². The predicted molar refractivity (Wildman–Crippen MR) is 145 cm³/mol. The van der Waals surface area contributed by atoms with Crippen molar-refractivity contribution in [3.8, 4) is 5.75 Å². The third-order valence-corrected chi connectivity index (χ3v) is 7.30. The van der Waals surface area contributed by atoms with E-state index in [2.05, 4.69) is 12.2 Å². The molecular formula is C29H39N5O4. The lowest BCUT2D eigenvalue weighted by molar-refractivity contribution is -0.186. The number of fused-ring (bicyclic) bond motifs is 1. The second kappa shape index (κ2) is 12.8. The number of methoxy groups -OCH3 is 1. The van der Waals surface area contributed by atoms with Gasteiger partial charge in [-0.2, -0.15) is 0 Å². The fourth-order valence-corrected chi connectivity index (χ4v) is 5.28. The van der Waals surface area contributed by atoms with Gasteiger partial charge in [0, 0.05) is 26.6 Å². The number of likely N-dealkylation sites (N-methyl/N-ethyl adjacent to an activating group) is 1. The van der Waals surface area contributed by atoms with Crippen molar-refractivity contribution in [3.05, 3.63) is 65.7 Å². The highest BCUT2D eigenvalue weighted by Gasteiger charge is 2.50. The number of nitrogens with zero attached hydrogens (tertiary/aromatic N) is 4. The number of hydrogen-bond acceptors (Lipinski definition) is 5. The van der Waals surface area contributed by atoms with Gasteiger partial charge < -0.3 is 19.9 Å². The Morgan fingerprint density at radius 2 is 1.74 bits per heavy atom. The Balaban J connectivity index is 1.56. The van der Waals surface area contributed by atoms with Crippen LogP contribution in [0.3, 0.4) is 0 Å². The Bertz CT molecular complexity index is 1090. The minimum absolute atomic E-state index is 0.0293. The van der Waals surface area contributed by atoms with Crippen molar-refractivity contribution in [2.45, 2.75) is 57.8 Å². The number of piperazine rings is 1. The molecule has 0 aromatic heterocycles. The maximum absolute atomic E-state index is 13.7. The van der Waals surface area contributed by atoms with Crippen LogP contribution in [0.25, 0.3) is 0 Å². The molecule has 0 spiro atoms. The second-order valence-corrected chi connectivity index (χ2v) is 10.00. The minimum atomic E-state index is -0.652. The molecule has 2 aromatic carbocycles. The summed E-state index contributed by atoms with van der Waals surface area (Å²) in [6.45, 7) is 3.43. The highest BCUT2D eigenvalue weighted by atomic mass is 16.5. The van der Waals surface area contributed by atoms with Gasteiger partial charge in [-0.3, -0.25) is 9.59 Å². The molecule has 2 aliphatic heterocycles. The summed E-state index contributed by atoms with van der Waals surface area (Å²) in [7, 11) is 3.36. The van der Waals surface area contributed by atoms with Gasteiger partial charge in [0.2, 0.25) is 11.8 Å². The maximum Gasteiger partial charge on any atom is 0.334 e. The molecule has 9 nitrogen and oxygen atoms in total. The summed E-state index contributed by atoms with van der Waals surface area (Å²) in [5, 5.41) is 6.27. The van der Waals surface area contributed by atoms with Crippen molar-refractivity contribution in [1.29, 1.82) is 0 Å². The fraction of sp³-hybridized carbons (Fsp3) is 0.483. The van der Waals surface area contributed by atoms with E-state index in [4.69, 9.17) is 4.74 Å². The van der Waals surface area contributed by atoms with Crippen molar-refractivity contribution in [3.63, 3.8) is 0 Å². The Morgan fingerprint density at radius 1 is 1.00 bits per heavy atom. The van der Waals surface area contributed by atoms with Gasteiger partial charge in [0.1, 0.15) is 18.0 Å². The predicted octanol–water partition coefficient (Wildman–Crippen LogP) is 3.26. The normalized spacial score (nSPS) is 19.9. The molecule has 9 heteroatoms. The second-order valence-electron chi connectivity index (χ2n) is 10.00. The van der Waals surface area contributed by atoms with E-state index in [9.17, 15) is 14.4 Å². The quantitative estimate of drug-likeness (QED) is 0.485. The SMILES string of the molecule is CCCCCCN1CC2N(C(=O)CN(C)N2C(=O)NCc2ccc(OC)cc2)[C@@H](Cc2ccccc2)C1=O. The van der Waals surface area contributed by atoms with E-state index < -0.39 is 12.2 Å². The smallest absolute Gasteiger partial charge is 0.334 e. The van der Waals surface area contributed by atoms with Crippen molar-refractivity contribution in [2.75, 3.05) is 33.8 Å². The van der Waals surface area contributed by atoms with Crippen LogP contribution in [0.4, 0.5) is 4.79 Å². The van der Waals surface area contributed by atoms with E-state index in [1.54, 1.807) is 29.1 Å². The van der Waals surface area contributed by atoms with Crippen LogP contribution >= 0.6 is 0 Å². The third kappa shape index (κ3) is 6.27. The minimum Gasteiger partial charge on any atom is -0.497 e. The summed E-state index contributed by atoms with van der Waals surface area (Å²) in [6, 6.07) is 16.3. The van der Waals surface area contributed by atoms with E-state index in [1.165, 1.54) is 0 Å². The summed E-state index contributed by atoms with van der Waals surface area (Å²) in [4.78, 5) is 44.1. The number of urea groups is 1. The number of amides is 4. The van der Waals surface area contributed by atoms with Crippen LogP contribution in [0.15, 0.2) is 54.6 Å². The Hall–Kier alpha value is -3.59. The number of rotatable bonds is 10. The molecule has 4 rings (SSSR count). The Kier molecular flexibility index (Phi) is 9.23. The number of ether oxygens (including phenoxy) is 1. The monoisotopic (exact) mass is 521 g/mol. The molecule has 38 heavy (non-hydrogen) atoms. The first-order chi connectivity index (χ1) is 18.4. The van der Waals surface area contributed by atoms with Crippen molar-refractivity contribution in [1.82, 2.24) is 25.1 Å². The molecule has 0 radical (unpaired) electrons. The molecule has 2 fully saturated rings. The molecule has 2 heterocycles. The molecule has 2 aliphatic rings. The summed E-state index contributed by atoms with van der Waals surface area (Å²) in [5.41, 5.74) is 1.92. The van der Waals surface area contributed by atoms with E-state index in [1.807, 2.05) is 59.5 Å². The van der Waals surface area contributed by atoms with Gasteiger partial charge in [-0.1, -0.05) is 68.7 Å². The molecule has 204 valence electrons. The van der Waals surface area contributed by atoms with E-state index in [0.717, 1.165) is 42.6 Å². The summed E-state index contributed by atoms with van der Waals surface area (Å²) in [6.07, 6.45) is 4.02. The highest BCUT2D eigenvalue weighted by molar-refractivity contribution is 5.91. The summed E-state index contributed by atoms with van der Waals surface area (Å²) >= 11 is 0. The van der Waals surface area contributed by atoms with Gasteiger partial charge in [-0.25, -0.2) is 14.8 Å². The summed E-state index contributed by atoms with van der Waals surface area (Å²) in [5.74, 6) is 0.565. The molecule has 1 N–H and O–H groups in total. The zero-order valence-electron chi connectivity index (χ0n) is 22.6. The molecular weight excluding hydrogens is 482 g/mol. The van der Waals surface area contributed by atoms with Crippen molar-refractivity contribution in [2.24, 2.45) is 0 Å². The van der Waals surface area contributed by atoms with Crippen LogP contribution in [0, 0.1) is 0 Å². The van der Waals surface area contributed by atoms with Crippen molar-refractivity contribution < 1.29 is 19.1 Å². The number of benzene rings is 2. The zero-order valence-corrected chi connectivity index (χ0v) is 22.6. The van der Waals surface area contributed by atoms with Gasteiger partial charge in [0.05, 0.1) is 20.2 Å². The number of unbranched alkanes of at least 4 members (excludes halogenated alkanes) is 3. The fourth-order valence-electron chi connectivity index (χ4n) is 5.28. The molecule has 0 saturated carbocycles. The molecule has 2 saturated heterocycles. The maximum atomic E-state index is 13.7. The Labute approximate surface area is 225 Å². The van der Waals surface area contributed by atoms with Gasteiger partial charge in [-0.05, 0) is 29.7 Å². The molecule has 0 aliphatic carbocycles. The Morgan fingerprint density at radius 3 is 2.42 bits per heavy atom. The lowest BCUT2D eigenvalue weighted by Crippen LogP contribution is -2.76. The lowest BCUT2D eigenvalue weighted by atomic mass is 9.98. The third-order valence-electron chi connectivity index (χ3n) is 7.30. The first kappa shape index (κ1) is 27.4. The highest BCUT2D eigenvalue weighted by Crippen LogP contribution is 2.28. The lowest BCUT2D eigenvalue weighted by Gasteiger charge is -2.54. The number of hydrazine groups is 1. The standard InChI is InChI=1S/C29H39N5O4/c1-4-5-6-10-17-32-20-26-33(25(28(32)36)18-22-11-8-7-9-12-22)27(35)21-31(2)34(26)29(37)30-19-23-13-15-24(38-3)16-14-23/h7-9,11-16,25-26H,4-6,10,17-21H2,1-3H3,(H,30,37)/t25-,26?/m0/s1. The van der Waals surface area contributed by atoms with Crippen LogP contribution in [0.2, 0.25) is 0 Å². The van der Waals surface area contributed by atoms with Gasteiger partial charge in [0.15, 0.2) is 0 Å². The first-order valence-electron chi connectivity index (χ1n) is 13.5. The van der Waals surface area contributed by atoms with Gasteiger partial charge in [-0.15, -0.1) is 0 Å². The van der Waals surface area contributed by atoms with Crippen LogP contribution in [0.5, 0.6) is 5.75 Å². The average molecular weight is 522 g/mol. The molecule has 4 amide bonds. The zero-order chi connectivity index (χ0) is 27.1.